The Balaban J connectivity index is 1.15. The Bertz CT molecular complexity index is 1870. The molecule has 4 atom stereocenters. The van der Waals surface area contributed by atoms with Crippen LogP contribution in [-0.4, -0.2) is 107 Å². The van der Waals surface area contributed by atoms with Crippen LogP contribution in [0.4, 0.5) is 15.0 Å². The summed E-state index contributed by atoms with van der Waals surface area (Å²) in [7, 11) is 3.40. The van der Waals surface area contributed by atoms with E-state index in [0.717, 1.165) is 85.8 Å². The van der Waals surface area contributed by atoms with Crippen LogP contribution in [0.1, 0.15) is 51.0 Å². The van der Waals surface area contributed by atoms with Crippen molar-refractivity contribution in [3.05, 3.63) is 41.7 Å². The van der Waals surface area contributed by atoms with Gasteiger partial charge in [-0.25, -0.2) is 14.2 Å². The first-order valence-corrected chi connectivity index (χ1v) is 17.3. The van der Waals surface area contributed by atoms with E-state index in [2.05, 4.69) is 20.1 Å². The summed E-state index contributed by atoms with van der Waals surface area (Å²) in [5.74, 6) is 1.68. The number of aromatic amines is 1. The molecule has 4 aliphatic rings. The fourth-order valence-corrected chi connectivity index (χ4v) is 8.69. The number of nitrogens with zero attached hydrogens (tertiary/aromatic N) is 5. The summed E-state index contributed by atoms with van der Waals surface area (Å²) in [5, 5.41) is 15.9. The van der Waals surface area contributed by atoms with Crippen molar-refractivity contribution < 1.29 is 23.8 Å². The highest BCUT2D eigenvalue weighted by atomic mass is 19.1. The van der Waals surface area contributed by atoms with Crippen LogP contribution in [-0.2, 0) is 11.2 Å². The van der Waals surface area contributed by atoms with Gasteiger partial charge in [-0.15, -0.1) is 0 Å². The van der Waals surface area contributed by atoms with Gasteiger partial charge in [0.1, 0.15) is 36.1 Å². The van der Waals surface area contributed by atoms with Crippen LogP contribution < -0.4 is 15.0 Å². The molecule has 254 valence electrons. The molecule has 2 bridgehead atoms. The number of imidazole rings is 1. The number of carbonyl (C=O) groups is 1. The molecule has 8 rings (SSSR count). The zero-order chi connectivity index (χ0) is 33.2. The third-order valence-electron chi connectivity index (χ3n) is 11.0. The molecule has 2 aromatic heterocycles. The molecular formula is C36H44FN7O4. The number of fused-ring (bicyclic) bond motifs is 5. The predicted octanol–water partition coefficient (Wildman–Crippen LogP) is 5.20. The van der Waals surface area contributed by atoms with Gasteiger partial charge in [-0.3, -0.25) is 4.90 Å². The molecule has 11 nitrogen and oxygen atoms in total. The number of aromatic hydroxyl groups is 1. The number of aromatic nitrogens is 3. The quantitative estimate of drug-likeness (QED) is 0.235. The highest BCUT2D eigenvalue weighted by molar-refractivity contribution is 6.01. The number of phenolic OH excluding ortho intramolecular Hbond substituents is 1. The molecule has 3 N–H and O–H groups in total. The van der Waals surface area contributed by atoms with Crippen LogP contribution in [0.2, 0.25) is 0 Å². The average molecular weight is 658 g/mol. The minimum Gasteiger partial charge on any atom is -0.508 e. The molecule has 4 aliphatic heterocycles. The van der Waals surface area contributed by atoms with Crippen molar-refractivity contribution in [2.45, 2.75) is 75.5 Å². The van der Waals surface area contributed by atoms with E-state index >= 15 is 4.39 Å². The SMILES string of the molecule is CCc1c(F)ccc2cc(O)cc(-c3nc4c(N5CC6CCC(C5)N6)nc(OCC56CCCN5[C@@H](COC(=O)N(C)C)CC6)cc4[nH]3)c12. The molecule has 0 aliphatic carbocycles. The van der Waals surface area contributed by atoms with Crippen LogP contribution in [0.5, 0.6) is 11.6 Å². The number of nitrogens with one attached hydrogen (secondary N) is 2. The number of aryl methyl sites for hydroxylation is 1. The van der Waals surface area contributed by atoms with E-state index in [0.29, 0.717) is 54.5 Å². The lowest BCUT2D eigenvalue weighted by Gasteiger charge is -2.35. The first kappa shape index (κ1) is 31.1. The third-order valence-corrected chi connectivity index (χ3v) is 11.0. The Morgan fingerprint density at radius 2 is 1.94 bits per heavy atom. The van der Waals surface area contributed by atoms with Crippen LogP contribution in [0.25, 0.3) is 33.2 Å². The van der Waals surface area contributed by atoms with E-state index in [1.165, 1.54) is 11.0 Å². The molecule has 48 heavy (non-hydrogen) atoms. The fraction of sp³-hybridized carbons (Fsp3) is 0.528. The Kier molecular flexibility index (Phi) is 7.82. The lowest BCUT2D eigenvalue weighted by atomic mass is 9.95. The first-order valence-electron chi connectivity index (χ1n) is 17.3. The van der Waals surface area contributed by atoms with Gasteiger partial charge in [-0.2, -0.15) is 4.98 Å². The number of hydrogen-bond donors (Lipinski definition) is 3. The van der Waals surface area contributed by atoms with Gasteiger partial charge in [0.2, 0.25) is 5.88 Å². The third kappa shape index (κ3) is 5.38. The topological polar surface area (TPSA) is 119 Å². The normalized spacial score (nSPS) is 25.2. The number of benzene rings is 2. The second-order valence-corrected chi connectivity index (χ2v) is 14.3. The molecule has 0 spiro atoms. The maximum Gasteiger partial charge on any atom is 0.409 e. The number of H-pyrrole nitrogens is 1. The largest absolute Gasteiger partial charge is 0.508 e. The Hall–Kier alpha value is -4.16. The van der Waals surface area contributed by atoms with Gasteiger partial charge in [-0.1, -0.05) is 13.0 Å². The molecule has 0 saturated carbocycles. The van der Waals surface area contributed by atoms with Crippen LogP contribution >= 0.6 is 0 Å². The number of rotatable bonds is 8. The Labute approximate surface area is 279 Å². The number of hydrogen-bond acceptors (Lipinski definition) is 9. The number of phenols is 1. The lowest BCUT2D eigenvalue weighted by molar-refractivity contribution is 0.0494. The highest BCUT2D eigenvalue weighted by Crippen LogP contribution is 2.43. The summed E-state index contributed by atoms with van der Waals surface area (Å²) in [6.07, 6.45) is 6.49. The van der Waals surface area contributed by atoms with E-state index in [1.807, 2.05) is 13.0 Å². The monoisotopic (exact) mass is 657 g/mol. The molecule has 4 saturated heterocycles. The number of amides is 1. The van der Waals surface area contributed by atoms with Crippen molar-refractivity contribution in [2.75, 3.05) is 51.8 Å². The standard InChI is InChI=1S/C36H44FN7O4/c1-4-26-28(37)9-6-21-14-25(45)15-27(31(21)26)33-39-29-16-30(40-34(32(29)41-33)43-17-22-7-8-23(18-43)38-22)48-20-36-11-5-13-44(36)24(10-12-36)19-47-35(46)42(2)3/h6,9,14-16,22-24,38,45H,4-5,7-8,10-13,17-20H2,1-3H3,(H,39,41)/t22?,23?,24-,36?/m1/s1. The molecule has 1 amide bonds. The van der Waals surface area contributed by atoms with Crippen LogP contribution in [0, 0.1) is 5.82 Å². The van der Waals surface area contributed by atoms with Gasteiger partial charge in [0.05, 0.1) is 11.1 Å². The molecule has 4 fully saturated rings. The average Bonchev–Trinajstić information content (AvgIpc) is 3.85. The van der Waals surface area contributed by atoms with E-state index in [9.17, 15) is 9.90 Å². The number of piperazine rings is 1. The number of pyridine rings is 1. The molecule has 3 unspecified atom stereocenters. The van der Waals surface area contributed by atoms with Crippen LogP contribution in [0.3, 0.4) is 0 Å². The second-order valence-electron chi connectivity index (χ2n) is 14.3. The number of halogens is 1. The molecular weight excluding hydrogens is 613 g/mol. The Morgan fingerprint density at radius 3 is 2.71 bits per heavy atom. The summed E-state index contributed by atoms with van der Waals surface area (Å²) in [4.78, 5) is 32.1. The zero-order valence-corrected chi connectivity index (χ0v) is 27.9. The van der Waals surface area contributed by atoms with E-state index in [1.54, 1.807) is 32.3 Å². The fourth-order valence-electron chi connectivity index (χ4n) is 8.69. The molecule has 12 heteroatoms. The van der Waals surface area contributed by atoms with Gasteiger partial charge in [0.25, 0.3) is 0 Å². The van der Waals surface area contributed by atoms with Crippen molar-refractivity contribution in [2.24, 2.45) is 0 Å². The molecule has 4 aromatic rings. The smallest absolute Gasteiger partial charge is 0.409 e. The minimum atomic E-state index is -0.317. The minimum absolute atomic E-state index is 0.0967. The van der Waals surface area contributed by atoms with Gasteiger partial charge < -0.3 is 34.7 Å². The maximum absolute atomic E-state index is 15.0. The number of ether oxygens (including phenoxy) is 2. The number of carbonyl (C=O) groups excluding carboxylic acids is 1. The van der Waals surface area contributed by atoms with E-state index in [-0.39, 0.29) is 29.2 Å². The van der Waals surface area contributed by atoms with Gasteiger partial charge >= 0.3 is 6.09 Å². The van der Waals surface area contributed by atoms with Crippen LogP contribution in [0.15, 0.2) is 30.3 Å². The lowest BCUT2D eigenvalue weighted by Crippen LogP contribution is -2.51. The van der Waals surface area contributed by atoms with Crippen molar-refractivity contribution >= 4 is 33.7 Å². The Morgan fingerprint density at radius 1 is 1.12 bits per heavy atom. The van der Waals surface area contributed by atoms with Crippen molar-refractivity contribution in [3.63, 3.8) is 0 Å². The van der Waals surface area contributed by atoms with Gasteiger partial charge in [-0.05, 0) is 86.0 Å². The molecule has 2 aromatic carbocycles. The summed E-state index contributed by atoms with van der Waals surface area (Å²) in [6.45, 7) is 5.42. The number of anilines is 1. The summed E-state index contributed by atoms with van der Waals surface area (Å²) >= 11 is 0. The summed E-state index contributed by atoms with van der Waals surface area (Å²) < 4.78 is 27.2. The van der Waals surface area contributed by atoms with E-state index in [4.69, 9.17) is 19.4 Å². The first-order chi connectivity index (χ1) is 23.2. The summed E-state index contributed by atoms with van der Waals surface area (Å²) in [5.41, 5.74) is 2.63. The van der Waals surface area contributed by atoms with Gasteiger partial charge in [0.15, 0.2) is 5.82 Å². The van der Waals surface area contributed by atoms with Crippen molar-refractivity contribution in [1.82, 2.24) is 30.1 Å². The van der Waals surface area contributed by atoms with E-state index < -0.39 is 0 Å². The second kappa shape index (κ2) is 12.1. The zero-order valence-electron chi connectivity index (χ0n) is 27.9. The van der Waals surface area contributed by atoms with Crippen molar-refractivity contribution in [1.29, 1.82) is 0 Å². The molecule has 6 heterocycles. The maximum atomic E-state index is 15.0. The predicted molar refractivity (Wildman–Crippen MR) is 182 cm³/mol. The van der Waals surface area contributed by atoms with Crippen molar-refractivity contribution in [3.8, 4) is 23.0 Å². The summed E-state index contributed by atoms with van der Waals surface area (Å²) in [6, 6.07) is 9.38. The molecule has 0 radical (unpaired) electrons. The highest BCUT2D eigenvalue weighted by Gasteiger charge is 2.50. The van der Waals surface area contributed by atoms with Gasteiger partial charge in [0, 0.05) is 56.9 Å².